The number of hydrogen-bond acceptors (Lipinski definition) is 1. The molecule has 0 amide bonds. The summed E-state index contributed by atoms with van der Waals surface area (Å²) in [7, 11) is 0. The van der Waals surface area contributed by atoms with Gasteiger partial charge in [-0.05, 0) is 95.7 Å². The maximum absolute atomic E-state index is 9.29. The van der Waals surface area contributed by atoms with Crippen LogP contribution < -0.4 is 0 Å². The van der Waals surface area contributed by atoms with Crippen LogP contribution in [0.4, 0.5) is 0 Å². The van der Waals surface area contributed by atoms with Crippen LogP contribution in [0.3, 0.4) is 0 Å². The second-order valence-electron chi connectivity index (χ2n) is 8.11. The van der Waals surface area contributed by atoms with Gasteiger partial charge in [-0.3, -0.25) is 0 Å². The standard InChI is InChI=1S/C29H15N/c30-16-17-8-10-21-20(12-17)9-11-22-23-6-3-7-24-25-13-18-4-1-2-5-19(18)14-26(25)28(29(23)24)15-27(21)22/h1-15H. The Hall–Kier alpha value is -4.15. The molecule has 0 heterocycles. The van der Waals surface area contributed by atoms with Crippen molar-refractivity contribution in [2.45, 2.75) is 0 Å². The predicted octanol–water partition coefficient (Wildman–Crippen LogP) is 7.82. The zero-order valence-corrected chi connectivity index (χ0v) is 16.1. The van der Waals surface area contributed by atoms with Crippen molar-refractivity contribution in [2.24, 2.45) is 0 Å². The van der Waals surface area contributed by atoms with Crippen LogP contribution in [0.2, 0.25) is 0 Å². The SMILES string of the molecule is N#Cc1ccc2c(ccc3c4cccc5c4c(cc23)-c2cc3ccccc3cc2-5)c1. The highest BCUT2D eigenvalue weighted by Crippen LogP contribution is 2.51. The van der Waals surface area contributed by atoms with Crippen LogP contribution in [0.25, 0.3) is 65.3 Å². The lowest BCUT2D eigenvalue weighted by Crippen LogP contribution is -1.84. The maximum atomic E-state index is 9.29. The molecule has 6 aromatic carbocycles. The Morgan fingerprint density at radius 3 is 2.03 bits per heavy atom. The summed E-state index contributed by atoms with van der Waals surface area (Å²) in [6.45, 7) is 0. The number of nitrogens with zero attached hydrogens (tertiary/aromatic N) is 1. The van der Waals surface area contributed by atoms with Crippen LogP contribution in [-0.2, 0) is 0 Å². The van der Waals surface area contributed by atoms with Gasteiger partial charge in [0.25, 0.3) is 0 Å². The molecule has 0 atom stereocenters. The highest BCUT2D eigenvalue weighted by atomic mass is 14.3. The Morgan fingerprint density at radius 2 is 1.23 bits per heavy atom. The molecular weight excluding hydrogens is 362 g/mol. The van der Waals surface area contributed by atoms with E-state index in [4.69, 9.17) is 0 Å². The van der Waals surface area contributed by atoms with Crippen molar-refractivity contribution in [1.82, 2.24) is 0 Å². The molecule has 0 radical (unpaired) electrons. The molecule has 0 spiro atoms. The van der Waals surface area contributed by atoms with Crippen LogP contribution in [0.1, 0.15) is 5.56 Å². The van der Waals surface area contributed by atoms with Gasteiger partial charge in [0.2, 0.25) is 0 Å². The minimum Gasteiger partial charge on any atom is -0.192 e. The molecule has 0 aliphatic heterocycles. The van der Waals surface area contributed by atoms with Crippen molar-refractivity contribution < 1.29 is 0 Å². The Kier molecular flexibility index (Phi) is 2.87. The molecule has 1 heteroatoms. The first kappa shape index (κ1) is 15.7. The zero-order valence-electron chi connectivity index (χ0n) is 16.1. The van der Waals surface area contributed by atoms with E-state index >= 15 is 0 Å². The quantitative estimate of drug-likeness (QED) is 0.247. The van der Waals surface area contributed by atoms with Gasteiger partial charge < -0.3 is 0 Å². The van der Waals surface area contributed by atoms with Gasteiger partial charge in [-0.25, -0.2) is 0 Å². The van der Waals surface area contributed by atoms with E-state index in [-0.39, 0.29) is 0 Å². The van der Waals surface area contributed by atoms with Crippen molar-refractivity contribution in [3.05, 3.63) is 96.6 Å². The first-order valence-corrected chi connectivity index (χ1v) is 10.2. The van der Waals surface area contributed by atoms with Gasteiger partial charge in [0.1, 0.15) is 0 Å². The van der Waals surface area contributed by atoms with Gasteiger partial charge in [0, 0.05) is 0 Å². The number of fused-ring (bicyclic) bond motifs is 8. The van der Waals surface area contributed by atoms with Gasteiger partial charge in [-0.2, -0.15) is 5.26 Å². The normalized spacial score (nSPS) is 12.0. The van der Waals surface area contributed by atoms with Crippen LogP contribution in [-0.4, -0.2) is 0 Å². The van der Waals surface area contributed by atoms with Crippen LogP contribution >= 0.6 is 0 Å². The number of benzene rings is 6. The van der Waals surface area contributed by atoms with Gasteiger partial charge in [-0.15, -0.1) is 0 Å². The summed E-state index contributed by atoms with van der Waals surface area (Å²) in [6.07, 6.45) is 0. The number of nitriles is 1. The summed E-state index contributed by atoms with van der Waals surface area (Å²) >= 11 is 0. The summed E-state index contributed by atoms with van der Waals surface area (Å²) in [5.41, 5.74) is 5.97. The Balaban J connectivity index is 1.68. The summed E-state index contributed by atoms with van der Waals surface area (Å²) in [5.74, 6) is 0. The van der Waals surface area contributed by atoms with E-state index in [0.29, 0.717) is 5.56 Å². The van der Waals surface area contributed by atoms with E-state index in [2.05, 4.69) is 84.9 Å². The van der Waals surface area contributed by atoms with E-state index < -0.39 is 0 Å². The molecule has 30 heavy (non-hydrogen) atoms. The Morgan fingerprint density at radius 1 is 0.467 bits per heavy atom. The average molecular weight is 377 g/mol. The fraction of sp³-hybridized carbons (Fsp3) is 0. The largest absolute Gasteiger partial charge is 0.192 e. The first-order valence-electron chi connectivity index (χ1n) is 10.2. The molecule has 0 bridgehead atoms. The molecule has 0 saturated carbocycles. The van der Waals surface area contributed by atoms with Crippen molar-refractivity contribution in [1.29, 1.82) is 5.26 Å². The third kappa shape index (κ3) is 1.91. The lowest BCUT2D eigenvalue weighted by atomic mass is 9.92. The smallest absolute Gasteiger partial charge is 0.0991 e. The monoisotopic (exact) mass is 377 g/mol. The molecule has 1 aliphatic carbocycles. The predicted molar refractivity (Wildman–Crippen MR) is 126 cm³/mol. The molecule has 0 unspecified atom stereocenters. The van der Waals surface area contributed by atoms with Gasteiger partial charge >= 0.3 is 0 Å². The summed E-state index contributed by atoms with van der Waals surface area (Å²) in [4.78, 5) is 0. The fourth-order valence-electron chi connectivity index (χ4n) is 5.22. The maximum Gasteiger partial charge on any atom is 0.0991 e. The van der Waals surface area contributed by atoms with Crippen LogP contribution in [0.15, 0.2) is 91.0 Å². The molecule has 6 aromatic rings. The third-order valence-corrected chi connectivity index (χ3v) is 6.57. The second kappa shape index (κ2) is 5.47. The highest BCUT2D eigenvalue weighted by molar-refractivity contribution is 6.27. The minimum absolute atomic E-state index is 0.700. The Labute approximate surface area is 173 Å². The number of rotatable bonds is 0. The first-order chi connectivity index (χ1) is 14.8. The average Bonchev–Trinajstić information content (AvgIpc) is 3.11. The summed E-state index contributed by atoms with van der Waals surface area (Å²) < 4.78 is 0. The summed E-state index contributed by atoms with van der Waals surface area (Å²) in [6, 6.07) is 34.9. The third-order valence-electron chi connectivity index (χ3n) is 6.57. The molecule has 0 fully saturated rings. The van der Waals surface area contributed by atoms with Gasteiger partial charge in [0.05, 0.1) is 11.6 Å². The van der Waals surface area contributed by atoms with E-state index in [9.17, 15) is 5.26 Å². The lowest BCUT2D eigenvalue weighted by Gasteiger charge is -2.10. The molecule has 7 rings (SSSR count). The van der Waals surface area contributed by atoms with Crippen LogP contribution in [0, 0.1) is 11.3 Å². The molecular formula is C29H15N. The topological polar surface area (TPSA) is 23.8 Å². The van der Waals surface area contributed by atoms with Gasteiger partial charge in [0.15, 0.2) is 0 Å². The van der Waals surface area contributed by atoms with Crippen molar-refractivity contribution >= 4 is 43.1 Å². The van der Waals surface area contributed by atoms with E-state index in [1.54, 1.807) is 0 Å². The van der Waals surface area contributed by atoms with E-state index in [1.807, 2.05) is 12.1 Å². The minimum atomic E-state index is 0.700. The molecule has 0 N–H and O–H groups in total. The highest BCUT2D eigenvalue weighted by Gasteiger charge is 2.23. The zero-order chi connectivity index (χ0) is 19.8. The lowest BCUT2D eigenvalue weighted by molar-refractivity contribution is 1.50. The van der Waals surface area contributed by atoms with Crippen molar-refractivity contribution in [2.75, 3.05) is 0 Å². The van der Waals surface area contributed by atoms with Gasteiger partial charge in [-0.1, -0.05) is 60.7 Å². The van der Waals surface area contributed by atoms with Crippen molar-refractivity contribution in [3.63, 3.8) is 0 Å². The van der Waals surface area contributed by atoms with Crippen molar-refractivity contribution in [3.8, 4) is 28.3 Å². The molecule has 0 aromatic heterocycles. The molecule has 0 saturated heterocycles. The molecule has 136 valence electrons. The second-order valence-corrected chi connectivity index (χ2v) is 8.11. The molecule has 1 nitrogen and oxygen atoms in total. The fourth-order valence-corrected chi connectivity index (χ4v) is 5.22. The van der Waals surface area contributed by atoms with Crippen LogP contribution in [0.5, 0.6) is 0 Å². The van der Waals surface area contributed by atoms with E-state index in [1.165, 1.54) is 60.0 Å². The molecule has 1 aliphatic rings. The number of hydrogen-bond donors (Lipinski definition) is 0. The summed E-state index contributed by atoms with van der Waals surface area (Å²) in [5, 5.41) is 19.3. The van der Waals surface area contributed by atoms with E-state index in [0.717, 1.165) is 5.39 Å². The Bertz CT molecular complexity index is 1750.